The molecule has 0 rings (SSSR count). The molecule has 0 bridgehead atoms. The van der Waals surface area contributed by atoms with Crippen LogP contribution >= 0.6 is 0 Å². The van der Waals surface area contributed by atoms with Gasteiger partial charge in [0.15, 0.2) is 6.10 Å². The molecule has 0 radical (unpaired) electrons. The zero-order valence-electron chi connectivity index (χ0n) is 39.5. The van der Waals surface area contributed by atoms with Gasteiger partial charge in [0.1, 0.15) is 13.2 Å². The largest absolute Gasteiger partial charge is 0.462 e. The van der Waals surface area contributed by atoms with Crippen LogP contribution in [0.2, 0.25) is 0 Å². The van der Waals surface area contributed by atoms with Crippen LogP contribution in [0.1, 0.15) is 245 Å². The number of ether oxygens (including phenoxy) is 3. The van der Waals surface area contributed by atoms with E-state index < -0.39 is 6.10 Å². The van der Waals surface area contributed by atoms with Crippen LogP contribution in [0.25, 0.3) is 0 Å². The van der Waals surface area contributed by atoms with Gasteiger partial charge in [0.25, 0.3) is 0 Å². The SMILES string of the molecule is CC/C=C\C/C=C\C/C=C\C/C=C\CCCCC(=O)OC(COC(=O)CCCCCCC/C=C\CCCC)COC(=O)CCCCCCCCCCCCCCCCCC. The van der Waals surface area contributed by atoms with E-state index in [1.165, 1.54) is 116 Å². The molecule has 0 aliphatic rings. The lowest BCUT2D eigenvalue weighted by molar-refractivity contribution is -0.167. The Kier molecular flexibility index (Phi) is 46.4. The Bertz CT molecular complexity index is 1100. The van der Waals surface area contributed by atoms with Crippen molar-refractivity contribution in [3.63, 3.8) is 0 Å². The summed E-state index contributed by atoms with van der Waals surface area (Å²) in [6.45, 7) is 6.45. The molecule has 6 heteroatoms. The Labute approximate surface area is 370 Å². The van der Waals surface area contributed by atoms with Crippen molar-refractivity contribution in [1.29, 1.82) is 0 Å². The molecule has 60 heavy (non-hydrogen) atoms. The van der Waals surface area contributed by atoms with Gasteiger partial charge in [-0.25, -0.2) is 0 Å². The fourth-order valence-electron chi connectivity index (χ4n) is 6.94. The maximum Gasteiger partial charge on any atom is 0.306 e. The Morgan fingerprint density at radius 2 is 0.667 bits per heavy atom. The quantitative estimate of drug-likeness (QED) is 0.0263. The number of carbonyl (C=O) groups excluding carboxylic acids is 3. The summed E-state index contributed by atoms with van der Waals surface area (Å²) in [6.07, 6.45) is 59.2. The summed E-state index contributed by atoms with van der Waals surface area (Å²) in [4.78, 5) is 37.9. The zero-order chi connectivity index (χ0) is 43.7. The number of unbranched alkanes of at least 4 members (excludes halogenated alkanes) is 24. The molecule has 0 aromatic heterocycles. The molecule has 0 fully saturated rings. The summed E-state index contributed by atoms with van der Waals surface area (Å²) in [5.74, 6) is -0.940. The van der Waals surface area contributed by atoms with Gasteiger partial charge in [0.05, 0.1) is 0 Å². The molecular weight excluding hydrogens is 745 g/mol. The minimum absolute atomic E-state index is 0.0917. The first-order chi connectivity index (χ1) is 29.5. The van der Waals surface area contributed by atoms with Crippen LogP contribution in [0.3, 0.4) is 0 Å². The highest BCUT2D eigenvalue weighted by Gasteiger charge is 2.19. The lowest BCUT2D eigenvalue weighted by atomic mass is 10.0. The lowest BCUT2D eigenvalue weighted by Crippen LogP contribution is -2.30. The Balaban J connectivity index is 4.42. The molecule has 0 saturated carbocycles. The molecule has 1 atom stereocenters. The third-order valence-corrected chi connectivity index (χ3v) is 10.8. The number of esters is 3. The lowest BCUT2D eigenvalue weighted by Gasteiger charge is -2.18. The predicted molar refractivity (Wildman–Crippen MR) is 256 cm³/mol. The average molecular weight is 839 g/mol. The fraction of sp³-hybridized carbons (Fsp3) is 0.759. The Hall–Kier alpha value is -2.89. The van der Waals surface area contributed by atoms with E-state index >= 15 is 0 Å². The first-order valence-electron chi connectivity index (χ1n) is 25.3. The van der Waals surface area contributed by atoms with Crippen LogP contribution < -0.4 is 0 Å². The topological polar surface area (TPSA) is 78.9 Å². The highest BCUT2D eigenvalue weighted by atomic mass is 16.6. The van der Waals surface area contributed by atoms with Crippen LogP contribution in [-0.2, 0) is 28.6 Å². The predicted octanol–water partition coefficient (Wildman–Crippen LogP) is 16.5. The van der Waals surface area contributed by atoms with Gasteiger partial charge in [-0.2, -0.15) is 0 Å². The summed E-state index contributed by atoms with van der Waals surface area (Å²) >= 11 is 0. The molecular formula is C54H94O6. The van der Waals surface area contributed by atoms with E-state index in [9.17, 15) is 14.4 Å². The van der Waals surface area contributed by atoms with Crippen molar-refractivity contribution in [2.75, 3.05) is 13.2 Å². The van der Waals surface area contributed by atoms with E-state index in [4.69, 9.17) is 14.2 Å². The van der Waals surface area contributed by atoms with E-state index in [0.717, 1.165) is 83.5 Å². The van der Waals surface area contributed by atoms with Crippen molar-refractivity contribution in [1.82, 2.24) is 0 Å². The molecule has 6 nitrogen and oxygen atoms in total. The average Bonchev–Trinajstić information content (AvgIpc) is 3.24. The van der Waals surface area contributed by atoms with Crippen LogP contribution in [0.4, 0.5) is 0 Å². The van der Waals surface area contributed by atoms with Gasteiger partial charge in [0.2, 0.25) is 0 Å². The summed E-state index contributed by atoms with van der Waals surface area (Å²) in [7, 11) is 0. The van der Waals surface area contributed by atoms with E-state index in [1.54, 1.807) is 0 Å². The highest BCUT2D eigenvalue weighted by molar-refractivity contribution is 5.71. The summed E-state index contributed by atoms with van der Waals surface area (Å²) in [5, 5.41) is 0. The van der Waals surface area contributed by atoms with Crippen molar-refractivity contribution in [2.45, 2.75) is 252 Å². The molecule has 1 unspecified atom stereocenters. The van der Waals surface area contributed by atoms with Crippen LogP contribution in [0.5, 0.6) is 0 Å². The van der Waals surface area contributed by atoms with Crippen molar-refractivity contribution in [3.8, 4) is 0 Å². The molecule has 0 aromatic rings. The van der Waals surface area contributed by atoms with Crippen molar-refractivity contribution < 1.29 is 28.6 Å². The molecule has 0 aliphatic heterocycles. The second-order valence-electron chi connectivity index (χ2n) is 16.7. The second kappa shape index (κ2) is 48.8. The molecule has 0 aliphatic carbocycles. The number of allylic oxidation sites excluding steroid dienone is 10. The second-order valence-corrected chi connectivity index (χ2v) is 16.7. The van der Waals surface area contributed by atoms with Gasteiger partial charge >= 0.3 is 17.9 Å². The maximum atomic E-state index is 12.8. The zero-order valence-corrected chi connectivity index (χ0v) is 39.5. The van der Waals surface area contributed by atoms with Gasteiger partial charge in [-0.05, 0) is 77.0 Å². The Morgan fingerprint density at radius 1 is 0.350 bits per heavy atom. The molecule has 0 saturated heterocycles. The van der Waals surface area contributed by atoms with Crippen molar-refractivity contribution >= 4 is 17.9 Å². The molecule has 0 heterocycles. The monoisotopic (exact) mass is 839 g/mol. The molecule has 0 aromatic carbocycles. The normalized spacial score (nSPS) is 12.5. The van der Waals surface area contributed by atoms with E-state index in [2.05, 4.69) is 81.5 Å². The van der Waals surface area contributed by atoms with Crippen LogP contribution in [0.15, 0.2) is 60.8 Å². The standard InChI is InChI=1S/C54H94O6/c1-4-7-10-13-16-19-22-24-26-28-29-32-35-38-41-44-47-53(56)59-50-51(49-58-52(55)46-43-40-37-34-31-21-18-15-12-9-6-3)60-54(57)48-45-42-39-36-33-30-27-25-23-20-17-14-11-8-5-2/h8,11,15,17-18,20,25,27,33,36,51H,4-7,9-10,12-14,16,19,21-24,26,28-32,34-35,37-50H2,1-3H3/b11-8-,18-15-,20-17-,27-25-,36-33-. The highest BCUT2D eigenvalue weighted by Crippen LogP contribution is 2.15. The van der Waals surface area contributed by atoms with E-state index in [-0.39, 0.29) is 37.5 Å². The Morgan fingerprint density at radius 3 is 1.12 bits per heavy atom. The number of rotatable bonds is 45. The minimum Gasteiger partial charge on any atom is -0.462 e. The van der Waals surface area contributed by atoms with Crippen molar-refractivity contribution in [2.24, 2.45) is 0 Å². The van der Waals surface area contributed by atoms with E-state index in [1.807, 2.05) is 0 Å². The molecule has 0 amide bonds. The number of hydrogen-bond acceptors (Lipinski definition) is 6. The molecule has 346 valence electrons. The molecule has 0 N–H and O–H groups in total. The smallest absolute Gasteiger partial charge is 0.306 e. The van der Waals surface area contributed by atoms with E-state index in [0.29, 0.717) is 19.3 Å². The summed E-state index contributed by atoms with van der Waals surface area (Å²) in [6, 6.07) is 0. The van der Waals surface area contributed by atoms with Crippen LogP contribution in [-0.4, -0.2) is 37.2 Å². The van der Waals surface area contributed by atoms with Gasteiger partial charge in [-0.3, -0.25) is 14.4 Å². The summed E-state index contributed by atoms with van der Waals surface area (Å²) < 4.78 is 16.7. The van der Waals surface area contributed by atoms with Crippen molar-refractivity contribution in [3.05, 3.63) is 60.8 Å². The third-order valence-electron chi connectivity index (χ3n) is 10.8. The first-order valence-corrected chi connectivity index (χ1v) is 25.3. The third kappa shape index (κ3) is 46.2. The van der Waals surface area contributed by atoms with Gasteiger partial charge in [-0.15, -0.1) is 0 Å². The number of carbonyl (C=O) groups is 3. The maximum absolute atomic E-state index is 12.8. The fourth-order valence-corrected chi connectivity index (χ4v) is 6.94. The first kappa shape index (κ1) is 57.1. The van der Waals surface area contributed by atoms with Crippen LogP contribution in [0, 0.1) is 0 Å². The summed E-state index contributed by atoms with van der Waals surface area (Å²) in [5.41, 5.74) is 0. The molecule has 0 spiro atoms. The van der Waals surface area contributed by atoms with Gasteiger partial charge in [0, 0.05) is 19.3 Å². The van der Waals surface area contributed by atoms with Gasteiger partial charge in [-0.1, -0.05) is 210 Å². The number of hydrogen-bond donors (Lipinski definition) is 0. The van der Waals surface area contributed by atoms with Gasteiger partial charge < -0.3 is 14.2 Å². The minimum atomic E-state index is -0.795.